The number of nitrogens with one attached hydrogen (secondary N) is 1. The molecule has 0 spiro atoms. The van der Waals surface area contributed by atoms with Crippen LogP contribution >= 0.6 is 0 Å². The first-order valence-corrected chi connectivity index (χ1v) is 7.09. The van der Waals surface area contributed by atoms with Crippen LogP contribution in [0.4, 0.5) is 0 Å². The first-order chi connectivity index (χ1) is 9.17. The van der Waals surface area contributed by atoms with Crippen molar-refractivity contribution in [2.75, 3.05) is 27.3 Å². The van der Waals surface area contributed by atoms with E-state index in [-0.39, 0.29) is 0 Å². The van der Waals surface area contributed by atoms with Crippen molar-refractivity contribution in [3.05, 3.63) is 22.8 Å². The molecule has 1 atom stereocenters. The maximum atomic E-state index is 5.60. The van der Waals surface area contributed by atoms with Crippen molar-refractivity contribution >= 4 is 0 Å². The summed E-state index contributed by atoms with van der Waals surface area (Å²) in [6.45, 7) is 6.51. The fourth-order valence-electron chi connectivity index (χ4n) is 2.93. The Morgan fingerprint density at radius 2 is 2.00 bits per heavy atom. The molecule has 0 radical (unpaired) electrons. The molecular weight excluding hydrogens is 238 g/mol. The lowest BCUT2D eigenvalue weighted by molar-refractivity contribution is 0.391. The molecule has 1 fully saturated rings. The van der Waals surface area contributed by atoms with E-state index < -0.39 is 0 Å². The van der Waals surface area contributed by atoms with Gasteiger partial charge in [-0.1, -0.05) is 0 Å². The molecule has 1 aromatic rings. The average molecular weight is 263 g/mol. The van der Waals surface area contributed by atoms with Gasteiger partial charge in [0.1, 0.15) is 11.5 Å². The van der Waals surface area contributed by atoms with Crippen molar-refractivity contribution in [3.8, 4) is 11.5 Å². The van der Waals surface area contributed by atoms with E-state index in [1.54, 1.807) is 14.2 Å². The Kier molecular flexibility index (Phi) is 4.70. The standard InChI is InChI=1S/C16H25NO2/c1-11-12(2)16(19-4)14(9-15(11)18-3)6-5-13-7-8-17-10-13/h9,13,17H,5-8,10H2,1-4H3. The van der Waals surface area contributed by atoms with Gasteiger partial charge in [-0.15, -0.1) is 0 Å². The van der Waals surface area contributed by atoms with E-state index in [2.05, 4.69) is 25.2 Å². The SMILES string of the molecule is COc1cc(CCC2CCNC2)c(OC)c(C)c1C. The summed E-state index contributed by atoms with van der Waals surface area (Å²) in [5.74, 6) is 2.81. The van der Waals surface area contributed by atoms with Crippen molar-refractivity contribution in [1.82, 2.24) is 5.32 Å². The maximum absolute atomic E-state index is 5.60. The second-order valence-corrected chi connectivity index (χ2v) is 5.42. The van der Waals surface area contributed by atoms with Crippen LogP contribution in [0.2, 0.25) is 0 Å². The molecular formula is C16H25NO2. The van der Waals surface area contributed by atoms with Crippen LogP contribution in [0.5, 0.6) is 11.5 Å². The summed E-state index contributed by atoms with van der Waals surface area (Å²) in [5, 5.41) is 3.42. The molecule has 3 nitrogen and oxygen atoms in total. The third-order valence-electron chi connectivity index (χ3n) is 4.28. The third kappa shape index (κ3) is 3.03. The fraction of sp³-hybridized carbons (Fsp3) is 0.625. The lowest BCUT2D eigenvalue weighted by Gasteiger charge is -2.17. The lowest BCUT2D eigenvalue weighted by Crippen LogP contribution is -2.10. The van der Waals surface area contributed by atoms with Crippen LogP contribution in [0.1, 0.15) is 29.5 Å². The molecule has 0 aliphatic carbocycles. The van der Waals surface area contributed by atoms with Gasteiger partial charge >= 0.3 is 0 Å². The summed E-state index contributed by atoms with van der Waals surface area (Å²) in [6.07, 6.45) is 3.58. The Hall–Kier alpha value is -1.22. The van der Waals surface area contributed by atoms with Gasteiger partial charge in [-0.2, -0.15) is 0 Å². The van der Waals surface area contributed by atoms with Crippen molar-refractivity contribution in [2.45, 2.75) is 33.1 Å². The molecule has 1 aliphatic rings. The largest absolute Gasteiger partial charge is 0.496 e. The molecule has 1 heterocycles. The maximum Gasteiger partial charge on any atom is 0.125 e. The minimum atomic E-state index is 0.803. The highest BCUT2D eigenvalue weighted by Gasteiger charge is 2.17. The summed E-state index contributed by atoms with van der Waals surface area (Å²) in [4.78, 5) is 0. The summed E-state index contributed by atoms with van der Waals surface area (Å²) in [6, 6.07) is 2.14. The van der Waals surface area contributed by atoms with Crippen LogP contribution in [0.3, 0.4) is 0 Å². The molecule has 1 aliphatic heterocycles. The molecule has 1 saturated heterocycles. The number of benzene rings is 1. The zero-order valence-electron chi connectivity index (χ0n) is 12.5. The summed E-state index contributed by atoms with van der Waals surface area (Å²) in [7, 11) is 3.49. The first kappa shape index (κ1) is 14.2. The predicted octanol–water partition coefficient (Wildman–Crippen LogP) is 2.86. The van der Waals surface area contributed by atoms with Gasteiger partial charge in [0, 0.05) is 0 Å². The zero-order valence-corrected chi connectivity index (χ0v) is 12.5. The molecule has 0 saturated carbocycles. The Morgan fingerprint density at radius 3 is 2.58 bits per heavy atom. The Labute approximate surface area is 116 Å². The van der Waals surface area contributed by atoms with Gasteiger partial charge in [-0.3, -0.25) is 0 Å². The molecule has 1 aromatic carbocycles. The van der Waals surface area contributed by atoms with Gasteiger partial charge in [-0.05, 0) is 74.9 Å². The number of aryl methyl sites for hydroxylation is 1. The Bertz CT molecular complexity index is 437. The van der Waals surface area contributed by atoms with E-state index in [0.717, 1.165) is 36.9 Å². The number of rotatable bonds is 5. The minimum absolute atomic E-state index is 0.803. The van der Waals surface area contributed by atoms with Gasteiger partial charge in [-0.25, -0.2) is 0 Å². The zero-order chi connectivity index (χ0) is 13.8. The molecule has 0 aromatic heterocycles. The van der Waals surface area contributed by atoms with Gasteiger partial charge in [0.15, 0.2) is 0 Å². The second-order valence-electron chi connectivity index (χ2n) is 5.42. The quantitative estimate of drug-likeness (QED) is 0.886. The van der Waals surface area contributed by atoms with E-state index in [0.29, 0.717) is 0 Å². The molecule has 106 valence electrons. The molecule has 0 amide bonds. The Balaban J connectivity index is 2.19. The average Bonchev–Trinajstić information content (AvgIpc) is 2.93. The summed E-state index contributed by atoms with van der Waals surface area (Å²) < 4.78 is 11.1. The van der Waals surface area contributed by atoms with Crippen LogP contribution in [0, 0.1) is 19.8 Å². The van der Waals surface area contributed by atoms with Gasteiger partial charge in [0.05, 0.1) is 14.2 Å². The molecule has 0 bridgehead atoms. The monoisotopic (exact) mass is 263 g/mol. The highest BCUT2D eigenvalue weighted by Crippen LogP contribution is 2.34. The second kappa shape index (κ2) is 6.29. The third-order valence-corrected chi connectivity index (χ3v) is 4.28. The van der Waals surface area contributed by atoms with Crippen LogP contribution < -0.4 is 14.8 Å². The topological polar surface area (TPSA) is 30.5 Å². The first-order valence-electron chi connectivity index (χ1n) is 7.09. The van der Waals surface area contributed by atoms with E-state index in [4.69, 9.17) is 9.47 Å². The van der Waals surface area contributed by atoms with E-state index in [9.17, 15) is 0 Å². The molecule has 1 unspecified atom stereocenters. The number of methoxy groups -OCH3 is 2. The van der Waals surface area contributed by atoms with Gasteiger partial charge < -0.3 is 14.8 Å². The van der Waals surface area contributed by atoms with Gasteiger partial charge in [0.2, 0.25) is 0 Å². The van der Waals surface area contributed by atoms with Gasteiger partial charge in [0.25, 0.3) is 0 Å². The normalized spacial score (nSPS) is 18.6. The Morgan fingerprint density at radius 1 is 1.21 bits per heavy atom. The summed E-state index contributed by atoms with van der Waals surface area (Å²) >= 11 is 0. The molecule has 1 N–H and O–H groups in total. The van der Waals surface area contributed by atoms with Crippen molar-refractivity contribution in [1.29, 1.82) is 0 Å². The minimum Gasteiger partial charge on any atom is -0.496 e. The predicted molar refractivity (Wildman–Crippen MR) is 78.3 cm³/mol. The number of hydrogen-bond acceptors (Lipinski definition) is 3. The van der Waals surface area contributed by atoms with Crippen molar-refractivity contribution in [3.63, 3.8) is 0 Å². The lowest BCUT2D eigenvalue weighted by atomic mass is 9.95. The van der Waals surface area contributed by atoms with E-state index >= 15 is 0 Å². The highest BCUT2D eigenvalue weighted by molar-refractivity contribution is 5.52. The molecule has 3 heteroatoms. The van der Waals surface area contributed by atoms with Crippen LogP contribution in [-0.4, -0.2) is 27.3 Å². The van der Waals surface area contributed by atoms with Crippen LogP contribution in [0.15, 0.2) is 6.07 Å². The molecule has 19 heavy (non-hydrogen) atoms. The van der Waals surface area contributed by atoms with Crippen molar-refractivity contribution in [2.24, 2.45) is 5.92 Å². The van der Waals surface area contributed by atoms with Crippen LogP contribution in [-0.2, 0) is 6.42 Å². The summed E-state index contributed by atoms with van der Waals surface area (Å²) in [5.41, 5.74) is 3.64. The molecule has 2 rings (SSSR count). The van der Waals surface area contributed by atoms with E-state index in [1.165, 1.54) is 29.5 Å². The smallest absolute Gasteiger partial charge is 0.125 e. The fourth-order valence-corrected chi connectivity index (χ4v) is 2.93. The highest BCUT2D eigenvalue weighted by atomic mass is 16.5. The van der Waals surface area contributed by atoms with Crippen molar-refractivity contribution < 1.29 is 9.47 Å². The van der Waals surface area contributed by atoms with Crippen LogP contribution in [0.25, 0.3) is 0 Å². The number of hydrogen-bond donors (Lipinski definition) is 1. The van der Waals surface area contributed by atoms with E-state index in [1.807, 2.05) is 0 Å². The number of ether oxygens (including phenoxy) is 2.